The Morgan fingerprint density at radius 2 is 2.13 bits per heavy atom. The molecule has 0 bridgehead atoms. The maximum Gasteiger partial charge on any atom is 0.236 e. The molecule has 0 radical (unpaired) electrons. The zero-order valence-electron chi connectivity index (χ0n) is 9.54. The largest absolute Gasteiger partial charge is 0.383 e. The Labute approximate surface area is 93.4 Å². The van der Waals surface area contributed by atoms with Gasteiger partial charge in [-0.3, -0.25) is 9.00 Å². The molecule has 0 saturated heterocycles. The molecule has 90 valence electrons. The second-order valence-electron chi connectivity index (χ2n) is 3.24. The fraction of sp³-hybridized carbons (Fsp3) is 0.889. The number of hydrogen-bond donors (Lipinski definition) is 2. The van der Waals surface area contributed by atoms with Crippen LogP contribution in [-0.2, 0) is 20.3 Å². The summed E-state index contributed by atoms with van der Waals surface area (Å²) in [5, 5.41) is 5.71. The molecule has 0 fully saturated rings. The van der Waals surface area contributed by atoms with Crippen LogP contribution in [0.2, 0.25) is 0 Å². The zero-order chi connectivity index (χ0) is 11.7. The van der Waals surface area contributed by atoms with Crippen LogP contribution in [0.25, 0.3) is 0 Å². The van der Waals surface area contributed by atoms with E-state index in [4.69, 9.17) is 4.74 Å². The summed E-state index contributed by atoms with van der Waals surface area (Å²) >= 11 is 0. The molecular weight excluding hydrogens is 216 g/mol. The van der Waals surface area contributed by atoms with Gasteiger partial charge >= 0.3 is 0 Å². The van der Waals surface area contributed by atoms with E-state index in [1.807, 2.05) is 0 Å². The fourth-order valence-electron chi connectivity index (χ4n) is 0.941. The summed E-state index contributed by atoms with van der Waals surface area (Å²) in [6, 6.07) is -0.259. The number of carbonyl (C=O) groups is 1. The van der Waals surface area contributed by atoms with Crippen LogP contribution in [0.15, 0.2) is 0 Å². The van der Waals surface area contributed by atoms with Crippen LogP contribution in [0, 0.1) is 0 Å². The lowest BCUT2D eigenvalue weighted by atomic mass is 10.3. The lowest BCUT2D eigenvalue weighted by Gasteiger charge is -2.13. The second-order valence-corrected chi connectivity index (χ2v) is 4.79. The highest BCUT2D eigenvalue weighted by atomic mass is 32.2. The minimum absolute atomic E-state index is 0.0612. The Morgan fingerprint density at radius 3 is 2.67 bits per heavy atom. The molecule has 1 amide bonds. The molecule has 0 aromatic heterocycles. The monoisotopic (exact) mass is 236 g/mol. The van der Waals surface area contributed by atoms with Crippen LogP contribution < -0.4 is 10.6 Å². The first-order chi connectivity index (χ1) is 7.07. The molecule has 0 aromatic rings. The van der Waals surface area contributed by atoms with Crippen molar-refractivity contribution in [3.63, 3.8) is 0 Å². The van der Waals surface area contributed by atoms with Gasteiger partial charge in [0.05, 0.1) is 12.6 Å². The fourth-order valence-corrected chi connectivity index (χ4v) is 1.35. The van der Waals surface area contributed by atoms with E-state index in [1.54, 1.807) is 20.3 Å². The number of rotatable bonds is 8. The number of hydrogen-bond acceptors (Lipinski definition) is 4. The van der Waals surface area contributed by atoms with E-state index >= 15 is 0 Å². The quantitative estimate of drug-likeness (QED) is 0.536. The third kappa shape index (κ3) is 8.53. The average Bonchev–Trinajstić information content (AvgIpc) is 2.17. The predicted octanol–water partition coefficient (Wildman–Crippen LogP) is -0.894. The van der Waals surface area contributed by atoms with Gasteiger partial charge in [-0.1, -0.05) is 0 Å². The van der Waals surface area contributed by atoms with Gasteiger partial charge in [0.2, 0.25) is 5.91 Å². The van der Waals surface area contributed by atoms with Crippen molar-refractivity contribution in [2.24, 2.45) is 0 Å². The van der Waals surface area contributed by atoms with Gasteiger partial charge < -0.3 is 15.4 Å². The van der Waals surface area contributed by atoms with Crippen molar-refractivity contribution in [1.29, 1.82) is 0 Å². The average molecular weight is 236 g/mol. The second kappa shape index (κ2) is 8.82. The van der Waals surface area contributed by atoms with E-state index in [0.717, 1.165) is 0 Å². The Kier molecular flexibility index (Phi) is 8.55. The van der Waals surface area contributed by atoms with Crippen LogP contribution >= 0.6 is 0 Å². The lowest BCUT2D eigenvalue weighted by molar-refractivity contribution is -0.122. The molecule has 15 heavy (non-hydrogen) atoms. The first-order valence-electron chi connectivity index (χ1n) is 4.88. The van der Waals surface area contributed by atoms with E-state index in [1.165, 1.54) is 0 Å². The first-order valence-corrected chi connectivity index (χ1v) is 6.60. The highest BCUT2D eigenvalue weighted by molar-refractivity contribution is 7.84. The van der Waals surface area contributed by atoms with E-state index in [9.17, 15) is 9.00 Å². The molecule has 6 heteroatoms. The van der Waals surface area contributed by atoms with Gasteiger partial charge in [0, 0.05) is 43.0 Å². The number of carbonyl (C=O) groups excluding carboxylic acids is 1. The predicted molar refractivity (Wildman–Crippen MR) is 61.3 cm³/mol. The van der Waals surface area contributed by atoms with Gasteiger partial charge in [-0.2, -0.15) is 0 Å². The summed E-state index contributed by atoms with van der Waals surface area (Å²) in [5.74, 6) is 0.504. The topological polar surface area (TPSA) is 67.4 Å². The highest BCUT2D eigenvalue weighted by Gasteiger charge is 2.10. The van der Waals surface area contributed by atoms with Crippen molar-refractivity contribution in [3.05, 3.63) is 0 Å². The highest BCUT2D eigenvalue weighted by Crippen LogP contribution is 1.82. The van der Waals surface area contributed by atoms with E-state index in [2.05, 4.69) is 10.6 Å². The molecule has 0 heterocycles. The summed E-state index contributed by atoms with van der Waals surface area (Å²) in [7, 11) is 0.771. The third-order valence-electron chi connectivity index (χ3n) is 1.84. The minimum Gasteiger partial charge on any atom is -0.383 e. The first kappa shape index (κ1) is 14.5. The van der Waals surface area contributed by atoms with Gasteiger partial charge in [-0.15, -0.1) is 0 Å². The molecule has 0 saturated carbocycles. The van der Waals surface area contributed by atoms with E-state index < -0.39 is 10.8 Å². The van der Waals surface area contributed by atoms with Crippen molar-refractivity contribution in [1.82, 2.24) is 10.6 Å². The van der Waals surface area contributed by atoms with Gasteiger partial charge in [0.1, 0.15) is 0 Å². The summed E-state index contributed by atoms with van der Waals surface area (Å²) in [4.78, 5) is 11.4. The zero-order valence-corrected chi connectivity index (χ0v) is 10.4. The Morgan fingerprint density at radius 1 is 1.47 bits per heavy atom. The molecule has 2 atom stereocenters. The van der Waals surface area contributed by atoms with Crippen LogP contribution in [0.5, 0.6) is 0 Å². The van der Waals surface area contributed by atoms with Crippen LogP contribution in [0.4, 0.5) is 0 Å². The standard InChI is InChI=1S/C9H20N2O3S/c1-8(10-5-7-15(3)13)9(12)11-4-6-14-2/h8,10H,4-7H2,1-3H3,(H,11,12). The molecule has 0 rings (SSSR count). The maximum atomic E-state index is 11.4. The Balaban J connectivity index is 3.55. The van der Waals surface area contributed by atoms with Crippen molar-refractivity contribution in [2.75, 3.05) is 38.8 Å². The summed E-state index contributed by atoms with van der Waals surface area (Å²) in [6.07, 6.45) is 1.64. The van der Waals surface area contributed by atoms with Crippen LogP contribution in [-0.4, -0.2) is 55.0 Å². The SMILES string of the molecule is COCCNC(=O)C(C)NCCS(C)=O. The van der Waals surface area contributed by atoms with Crippen LogP contribution in [0.1, 0.15) is 6.92 Å². The number of nitrogens with one attached hydrogen (secondary N) is 2. The van der Waals surface area contributed by atoms with E-state index in [0.29, 0.717) is 25.4 Å². The number of amides is 1. The number of ether oxygens (including phenoxy) is 1. The van der Waals surface area contributed by atoms with Gasteiger partial charge in [0.25, 0.3) is 0 Å². The molecule has 2 unspecified atom stereocenters. The molecule has 0 spiro atoms. The summed E-state index contributed by atoms with van der Waals surface area (Å²) in [6.45, 7) is 3.39. The number of methoxy groups -OCH3 is 1. The molecule has 5 nitrogen and oxygen atoms in total. The molecular formula is C9H20N2O3S. The van der Waals surface area contributed by atoms with Crippen LogP contribution in [0.3, 0.4) is 0 Å². The van der Waals surface area contributed by atoms with Gasteiger partial charge in [-0.05, 0) is 6.92 Å². The van der Waals surface area contributed by atoms with Crippen molar-refractivity contribution >= 4 is 16.7 Å². The van der Waals surface area contributed by atoms with E-state index in [-0.39, 0.29) is 11.9 Å². The summed E-state index contributed by atoms with van der Waals surface area (Å²) < 4.78 is 15.6. The molecule has 0 aliphatic carbocycles. The van der Waals surface area contributed by atoms with Crippen molar-refractivity contribution in [3.8, 4) is 0 Å². The minimum atomic E-state index is -0.816. The Hall–Kier alpha value is -0.460. The molecule has 0 aliphatic rings. The third-order valence-corrected chi connectivity index (χ3v) is 2.62. The van der Waals surface area contributed by atoms with Gasteiger partial charge in [0.15, 0.2) is 0 Å². The molecule has 2 N–H and O–H groups in total. The van der Waals surface area contributed by atoms with Crippen molar-refractivity contribution < 1.29 is 13.7 Å². The smallest absolute Gasteiger partial charge is 0.236 e. The summed E-state index contributed by atoms with van der Waals surface area (Å²) in [5.41, 5.74) is 0. The normalized spacial score (nSPS) is 14.6. The maximum absolute atomic E-state index is 11.4. The Bertz CT molecular complexity index is 212. The molecule has 0 aromatic carbocycles. The van der Waals surface area contributed by atoms with Crippen molar-refractivity contribution in [2.45, 2.75) is 13.0 Å². The lowest BCUT2D eigenvalue weighted by Crippen LogP contribution is -2.44. The molecule has 0 aliphatic heterocycles. The van der Waals surface area contributed by atoms with Gasteiger partial charge in [-0.25, -0.2) is 0 Å².